The summed E-state index contributed by atoms with van der Waals surface area (Å²) >= 11 is 1.27. The molecule has 1 aliphatic heterocycles. The van der Waals surface area contributed by atoms with Gasteiger partial charge in [0.05, 0.1) is 22.0 Å². The monoisotopic (exact) mass is 448 g/mol. The van der Waals surface area contributed by atoms with Crippen molar-refractivity contribution in [3.8, 4) is 22.1 Å². The molecule has 0 aromatic carbocycles. The number of likely N-dealkylation sites (tertiary alicyclic amines) is 1. The fraction of sp³-hybridized carbons (Fsp3) is 0.238. The Bertz CT molecular complexity index is 1300. The van der Waals surface area contributed by atoms with Crippen LogP contribution >= 0.6 is 11.3 Å². The lowest BCUT2D eigenvalue weighted by Gasteiger charge is -2.18. The van der Waals surface area contributed by atoms with Gasteiger partial charge in [-0.25, -0.2) is 19.9 Å². The van der Waals surface area contributed by atoms with E-state index in [1.165, 1.54) is 16.2 Å². The van der Waals surface area contributed by atoms with Gasteiger partial charge in [0.25, 0.3) is 5.91 Å². The molecule has 5 heterocycles. The third-order valence-electron chi connectivity index (χ3n) is 5.26. The van der Waals surface area contributed by atoms with Gasteiger partial charge in [-0.2, -0.15) is 5.10 Å². The van der Waals surface area contributed by atoms with Gasteiger partial charge in [-0.1, -0.05) is 6.07 Å². The molecule has 5 rings (SSSR count). The first-order chi connectivity index (χ1) is 15.4. The van der Waals surface area contributed by atoms with Gasteiger partial charge >= 0.3 is 0 Å². The molecule has 162 valence electrons. The first-order valence-electron chi connectivity index (χ1n) is 9.94. The largest absolute Gasteiger partial charge is 0.375 e. The number of aliphatic hydroxyl groups is 1. The van der Waals surface area contributed by atoms with Crippen LogP contribution in [0.2, 0.25) is 0 Å². The van der Waals surface area contributed by atoms with Crippen LogP contribution in [0.25, 0.3) is 22.1 Å². The normalized spacial score (nSPS) is 18.3. The van der Waals surface area contributed by atoms with E-state index < -0.39 is 5.60 Å². The number of amides is 1. The summed E-state index contributed by atoms with van der Waals surface area (Å²) in [6.07, 6.45) is 5.39. The summed E-state index contributed by atoms with van der Waals surface area (Å²) in [5, 5.41) is 18.8. The number of carbonyl (C=O) groups excluding carboxylic acids is 1. The van der Waals surface area contributed by atoms with Crippen molar-refractivity contribution in [2.45, 2.75) is 12.0 Å². The van der Waals surface area contributed by atoms with Gasteiger partial charge in [-0.3, -0.25) is 9.48 Å². The third-order valence-corrected chi connectivity index (χ3v) is 6.43. The molecule has 0 radical (unpaired) electrons. The summed E-state index contributed by atoms with van der Waals surface area (Å²) in [6, 6.07) is 9.17. The Morgan fingerprint density at radius 3 is 2.66 bits per heavy atom. The summed E-state index contributed by atoms with van der Waals surface area (Å²) in [5.74, 6) is 0.756. The number of likely N-dealkylation sites (N-methyl/N-ethyl adjacent to an activating group) is 1. The minimum Gasteiger partial charge on any atom is -0.375 e. The molecule has 1 atom stereocenters. The highest BCUT2D eigenvalue weighted by atomic mass is 32.1. The second kappa shape index (κ2) is 7.77. The van der Waals surface area contributed by atoms with Crippen LogP contribution in [0.15, 0.2) is 48.9 Å². The van der Waals surface area contributed by atoms with Crippen molar-refractivity contribution < 1.29 is 9.90 Å². The van der Waals surface area contributed by atoms with Crippen LogP contribution in [0.3, 0.4) is 0 Å². The molecule has 0 spiro atoms. The van der Waals surface area contributed by atoms with E-state index in [1.54, 1.807) is 30.2 Å². The summed E-state index contributed by atoms with van der Waals surface area (Å²) < 4.78 is 1.69. The summed E-state index contributed by atoms with van der Waals surface area (Å²) in [6.45, 7) is 0.513. The minimum atomic E-state index is -1.51. The van der Waals surface area contributed by atoms with E-state index in [1.807, 2.05) is 37.5 Å². The number of hydrogen-bond donors (Lipinski definition) is 2. The number of rotatable bonds is 5. The molecule has 1 fully saturated rings. The van der Waals surface area contributed by atoms with Crippen molar-refractivity contribution in [1.29, 1.82) is 0 Å². The second-order valence-electron chi connectivity index (χ2n) is 7.54. The number of aromatic nitrogens is 6. The molecule has 32 heavy (non-hydrogen) atoms. The lowest BCUT2D eigenvalue weighted by molar-refractivity contribution is -0.142. The molecule has 10 nitrogen and oxygen atoms in total. The van der Waals surface area contributed by atoms with Crippen LogP contribution in [-0.2, 0) is 17.4 Å². The molecule has 11 heteroatoms. The van der Waals surface area contributed by atoms with E-state index in [9.17, 15) is 9.90 Å². The highest BCUT2D eigenvalue weighted by Gasteiger charge is 2.46. The Morgan fingerprint density at radius 1 is 1.09 bits per heavy atom. The first-order valence-corrected chi connectivity index (χ1v) is 10.8. The van der Waals surface area contributed by atoms with Crippen molar-refractivity contribution in [1.82, 2.24) is 34.6 Å². The van der Waals surface area contributed by atoms with Gasteiger partial charge in [0.2, 0.25) is 5.95 Å². The highest BCUT2D eigenvalue weighted by Crippen LogP contribution is 2.38. The summed E-state index contributed by atoms with van der Waals surface area (Å²) in [5.41, 5.74) is 0.421. The van der Waals surface area contributed by atoms with Crippen LogP contribution in [0.1, 0.15) is 11.3 Å². The number of thiazole rings is 1. The van der Waals surface area contributed by atoms with Gasteiger partial charge in [0.1, 0.15) is 5.01 Å². The van der Waals surface area contributed by atoms with E-state index in [0.717, 1.165) is 0 Å². The number of anilines is 2. The molecular weight excluding hydrogens is 428 g/mol. The molecule has 0 bridgehead atoms. The van der Waals surface area contributed by atoms with Gasteiger partial charge in [-0.05, 0) is 18.2 Å². The van der Waals surface area contributed by atoms with E-state index in [4.69, 9.17) is 4.98 Å². The van der Waals surface area contributed by atoms with E-state index in [0.29, 0.717) is 51.7 Å². The number of aryl methyl sites for hydroxylation is 1. The molecular formula is C21H20N8O2S. The summed E-state index contributed by atoms with van der Waals surface area (Å²) in [7, 11) is 3.52. The molecule has 2 N–H and O–H groups in total. The maximum absolute atomic E-state index is 12.4. The Hall–Kier alpha value is -3.70. The molecule has 4 aromatic rings. The Morgan fingerprint density at radius 2 is 1.91 bits per heavy atom. The summed E-state index contributed by atoms with van der Waals surface area (Å²) in [4.78, 5) is 32.3. The quantitative estimate of drug-likeness (QED) is 0.476. The predicted octanol–water partition coefficient (Wildman–Crippen LogP) is 2.19. The van der Waals surface area contributed by atoms with E-state index in [2.05, 4.69) is 25.4 Å². The van der Waals surface area contributed by atoms with Crippen molar-refractivity contribution in [3.63, 3.8) is 0 Å². The lowest BCUT2D eigenvalue weighted by Crippen LogP contribution is -2.35. The number of carbonyl (C=O) groups is 1. The van der Waals surface area contributed by atoms with E-state index in [-0.39, 0.29) is 5.91 Å². The van der Waals surface area contributed by atoms with Crippen molar-refractivity contribution in [2.24, 2.45) is 7.05 Å². The number of nitrogens with zero attached hydrogens (tertiary/aromatic N) is 7. The van der Waals surface area contributed by atoms with Crippen molar-refractivity contribution in [3.05, 3.63) is 53.8 Å². The van der Waals surface area contributed by atoms with Gasteiger partial charge < -0.3 is 15.3 Å². The SMILES string of the molecule is CN1CCC(O)(c2cnc(-c3cccc(-c4ccnc(Nc5ccn(C)n5)n4)n3)s2)C1=O. The zero-order valence-electron chi connectivity index (χ0n) is 17.4. The maximum atomic E-state index is 12.4. The topological polar surface area (TPSA) is 122 Å². The smallest absolute Gasteiger partial charge is 0.259 e. The van der Waals surface area contributed by atoms with Crippen LogP contribution in [0, 0.1) is 0 Å². The van der Waals surface area contributed by atoms with Crippen molar-refractivity contribution >= 4 is 29.0 Å². The zero-order chi connectivity index (χ0) is 22.3. The molecule has 1 aliphatic rings. The van der Waals surface area contributed by atoms with Crippen LogP contribution in [0.4, 0.5) is 11.8 Å². The molecule has 0 aliphatic carbocycles. The lowest BCUT2D eigenvalue weighted by atomic mass is 10.0. The van der Waals surface area contributed by atoms with Gasteiger partial charge in [0, 0.05) is 51.7 Å². The second-order valence-corrected chi connectivity index (χ2v) is 8.57. The number of nitrogens with one attached hydrogen (secondary N) is 1. The Balaban J connectivity index is 1.42. The van der Waals surface area contributed by atoms with E-state index >= 15 is 0 Å². The average molecular weight is 449 g/mol. The molecule has 1 unspecified atom stereocenters. The molecule has 4 aromatic heterocycles. The number of hydrogen-bond acceptors (Lipinski definition) is 9. The van der Waals surface area contributed by atoms with Crippen LogP contribution < -0.4 is 5.32 Å². The maximum Gasteiger partial charge on any atom is 0.259 e. The Labute approximate surface area is 187 Å². The van der Waals surface area contributed by atoms with Gasteiger partial charge in [0.15, 0.2) is 11.4 Å². The number of pyridine rings is 1. The molecule has 1 amide bonds. The first kappa shape index (κ1) is 20.2. The average Bonchev–Trinajstić information content (AvgIpc) is 3.52. The fourth-order valence-electron chi connectivity index (χ4n) is 3.52. The van der Waals surface area contributed by atoms with Crippen LogP contribution in [-0.4, -0.2) is 59.2 Å². The molecule has 0 saturated carbocycles. The molecule has 1 saturated heterocycles. The highest BCUT2D eigenvalue weighted by molar-refractivity contribution is 7.15. The Kier molecular flexibility index (Phi) is 4.91. The van der Waals surface area contributed by atoms with Crippen molar-refractivity contribution in [2.75, 3.05) is 18.9 Å². The van der Waals surface area contributed by atoms with Gasteiger partial charge in [-0.15, -0.1) is 11.3 Å². The van der Waals surface area contributed by atoms with Crippen LogP contribution in [0.5, 0.6) is 0 Å². The standard InChI is InChI=1S/C21H20N8O2S/c1-28-11-8-21(31,19(28)30)16-12-23-18(32-16)15-5-3-4-13(24-15)14-6-9-22-20(25-14)26-17-7-10-29(2)27-17/h3-7,9-10,12,31H,8,11H2,1-2H3,(H,22,25,26,27). The fourth-order valence-corrected chi connectivity index (χ4v) is 4.52. The minimum absolute atomic E-state index is 0.302. The predicted molar refractivity (Wildman–Crippen MR) is 119 cm³/mol. The third kappa shape index (κ3) is 3.61. The zero-order valence-corrected chi connectivity index (χ0v) is 18.2.